The Morgan fingerprint density at radius 1 is 1.33 bits per heavy atom. The molecule has 1 amide bonds. The molecule has 1 aliphatic rings. The van der Waals surface area contributed by atoms with Crippen molar-refractivity contribution in [2.75, 3.05) is 11.9 Å². The normalized spacial score (nSPS) is 15.6. The van der Waals surface area contributed by atoms with Crippen LogP contribution in [0.15, 0.2) is 4.79 Å². The van der Waals surface area contributed by atoms with E-state index < -0.39 is 6.09 Å². The maximum atomic E-state index is 12.2. The van der Waals surface area contributed by atoms with E-state index in [1.54, 1.807) is 13.8 Å². The van der Waals surface area contributed by atoms with Gasteiger partial charge in [0.2, 0.25) is 5.95 Å². The number of aromatic nitrogens is 4. The summed E-state index contributed by atoms with van der Waals surface area (Å²) in [7, 11) is 0. The Hall–Kier alpha value is -2.38. The van der Waals surface area contributed by atoms with Gasteiger partial charge < -0.3 is 9.72 Å². The van der Waals surface area contributed by atoms with E-state index in [1.165, 1.54) is 19.3 Å². The molecule has 0 radical (unpaired) electrons. The summed E-state index contributed by atoms with van der Waals surface area (Å²) in [6, 6.07) is 0. The average Bonchev–Trinajstić information content (AvgIpc) is 2.87. The summed E-state index contributed by atoms with van der Waals surface area (Å²) in [5, 5.41) is 2.64. The molecule has 1 saturated carbocycles. The fourth-order valence-electron chi connectivity index (χ4n) is 3.28. The van der Waals surface area contributed by atoms with Gasteiger partial charge in [0.1, 0.15) is 5.82 Å². The van der Waals surface area contributed by atoms with Crippen molar-refractivity contribution in [3.8, 4) is 0 Å². The largest absolute Gasteiger partial charge is 0.450 e. The van der Waals surface area contributed by atoms with Crippen LogP contribution in [0.3, 0.4) is 0 Å². The first-order valence-corrected chi connectivity index (χ1v) is 8.49. The van der Waals surface area contributed by atoms with Crippen LogP contribution < -0.4 is 10.9 Å². The van der Waals surface area contributed by atoms with Crippen LogP contribution >= 0.6 is 0 Å². The fourth-order valence-corrected chi connectivity index (χ4v) is 3.28. The first-order valence-electron chi connectivity index (χ1n) is 8.49. The number of hydrogen-bond acceptors (Lipinski definition) is 5. The van der Waals surface area contributed by atoms with Crippen LogP contribution in [0.4, 0.5) is 10.7 Å². The summed E-state index contributed by atoms with van der Waals surface area (Å²) < 4.78 is 6.77. The lowest BCUT2D eigenvalue weighted by atomic mass is 9.89. The third-order valence-corrected chi connectivity index (χ3v) is 4.38. The first kappa shape index (κ1) is 16.5. The Balaban J connectivity index is 2.00. The lowest BCUT2D eigenvalue weighted by Gasteiger charge is -2.22. The number of hydrogen-bond donors (Lipinski definition) is 2. The number of nitrogens with one attached hydrogen (secondary N) is 2. The molecular weight excluding hydrogens is 310 g/mol. The molecule has 8 nitrogen and oxygen atoms in total. The highest BCUT2D eigenvalue weighted by molar-refractivity contribution is 5.85. The van der Waals surface area contributed by atoms with Gasteiger partial charge in [-0.3, -0.25) is 14.7 Å². The molecule has 130 valence electrons. The number of aromatic amines is 1. The lowest BCUT2D eigenvalue weighted by molar-refractivity contribution is 0.167. The van der Waals surface area contributed by atoms with Crippen LogP contribution in [-0.2, 0) is 11.3 Å². The molecule has 24 heavy (non-hydrogen) atoms. The monoisotopic (exact) mass is 333 g/mol. The molecule has 0 bridgehead atoms. The van der Waals surface area contributed by atoms with Crippen molar-refractivity contribution in [1.82, 2.24) is 19.5 Å². The number of fused-ring (bicyclic) bond motifs is 1. The van der Waals surface area contributed by atoms with Crippen LogP contribution in [-0.4, -0.2) is 32.2 Å². The number of anilines is 1. The first-order chi connectivity index (χ1) is 11.6. The smallest absolute Gasteiger partial charge is 0.413 e. The van der Waals surface area contributed by atoms with Gasteiger partial charge in [-0.15, -0.1) is 0 Å². The number of H-pyrrole nitrogens is 1. The van der Waals surface area contributed by atoms with Crippen LogP contribution in [0.2, 0.25) is 0 Å². The van der Waals surface area contributed by atoms with E-state index in [2.05, 4.69) is 20.3 Å². The van der Waals surface area contributed by atoms with Gasteiger partial charge in [0.05, 0.1) is 6.61 Å². The molecule has 2 heterocycles. The number of carbonyl (C=O) groups excluding carboxylic acids is 1. The molecule has 0 aromatic carbocycles. The molecule has 2 N–H and O–H groups in total. The molecule has 0 saturated heterocycles. The summed E-state index contributed by atoms with van der Waals surface area (Å²) in [5.74, 6) is 1.35. The van der Waals surface area contributed by atoms with Gasteiger partial charge in [0.25, 0.3) is 5.56 Å². The SMILES string of the molecule is CCOC(=O)Nc1nc2c(=O)[nH]c(C)nc2n1CC1CCCCC1. The molecule has 2 aromatic rings. The van der Waals surface area contributed by atoms with Gasteiger partial charge in [-0.1, -0.05) is 19.3 Å². The standard InChI is InChI=1S/C16H23N5O3/c1-3-24-16(23)20-15-19-12-13(17-10(2)18-14(12)22)21(15)9-11-7-5-4-6-8-11/h11H,3-9H2,1-2H3,(H,17,18,22)(H,19,20,23). The van der Waals surface area contributed by atoms with Crippen molar-refractivity contribution < 1.29 is 9.53 Å². The zero-order chi connectivity index (χ0) is 17.1. The number of aryl methyl sites for hydroxylation is 1. The number of carbonyl (C=O) groups is 1. The molecule has 1 aliphatic carbocycles. The highest BCUT2D eigenvalue weighted by atomic mass is 16.5. The number of rotatable bonds is 4. The molecule has 2 aromatic heterocycles. The Morgan fingerprint density at radius 3 is 2.79 bits per heavy atom. The van der Waals surface area contributed by atoms with E-state index in [0.717, 1.165) is 12.8 Å². The van der Waals surface area contributed by atoms with E-state index in [9.17, 15) is 9.59 Å². The molecule has 3 rings (SSSR count). The third-order valence-electron chi connectivity index (χ3n) is 4.38. The molecule has 0 unspecified atom stereocenters. The van der Waals surface area contributed by atoms with Gasteiger partial charge in [0.15, 0.2) is 11.2 Å². The van der Waals surface area contributed by atoms with Crippen LogP contribution in [0.25, 0.3) is 11.2 Å². The van der Waals surface area contributed by atoms with Crippen LogP contribution in [0, 0.1) is 12.8 Å². The zero-order valence-electron chi connectivity index (χ0n) is 14.1. The van der Waals surface area contributed by atoms with Crippen molar-refractivity contribution in [3.05, 3.63) is 16.2 Å². The molecule has 0 atom stereocenters. The van der Waals surface area contributed by atoms with Gasteiger partial charge >= 0.3 is 6.09 Å². The van der Waals surface area contributed by atoms with E-state index >= 15 is 0 Å². The van der Waals surface area contributed by atoms with Crippen molar-refractivity contribution in [2.24, 2.45) is 5.92 Å². The topological polar surface area (TPSA) is 102 Å². The Bertz CT molecular complexity index is 789. The highest BCUT2D eigenvalue weighted by Gasteiger charge is 2.21. The van der Waals surface area contributed by atoms with Crippen LogP contribution in [0.5, 0.6) is 0 Å². The minimum atomic E-state index is -0.578. The minimum absolute atomic E-state index is 0.239. The van der Waals surface area contributed by atoms with Crippen molar-refractivity contribution in [3.63, 3.8) is 0 Å². The van der Waals surface area contributed by atoms with Gasteiger partial charge in [-0.2, -0.15) is 0 Å². The summed E-state index contributed by atoms with van der Waals surface area (Å²) >= 11 is 0. The number of nitrogens with zero attached hydrogens (tertiary/aromatic N) is 3. The number of imidazole rings is 1. The van der Waals surface area contributed by atoms with E-state index in [1.807, 2.05) is 4.57 Å². The Labute approximate surface area is 139 Å². The zero-order valence-corrected chi connectivity index (χ0v) is 14.1. The van der Waals surface area contributed by atoms with E-state index in [4.69, 9.17) is 4.74 Å². The summed E-state index contributed by atoms with van der Waals surface area (Å²) in [6.07, 6.45) is 5.40. The second kappa shape index (κ2) is 7.02. The maximum absolute atomic E-state index is 12.2. The van der Waals surface area contributed by atoms with Gasteiger partial charge in [0, 0.05) is 6.54 Å². The summed E-state index contributed by atoms with van der Waals surface area (Å²) in [4.78, 5) is 35.3. The van der Waals surface area contributed by atoms with E-state index in [0.29, 0.717) is 29.9 Å². The second-order valence-electron chi connectivity index (χ2n) is 6.22. The highest BCUT2D eigenvalue weighted by Crippen LogP contribution is 2.27. The maximum Gasteiger partial charge on any atom is 0.413 e. The average molecular weight is 333 g/mol. The molecule has 8 heteroatoms. The van der Waals surface area contributed by atoms with Crippen molar-refractivity contribution in [2.45, 2.75) is 52.5 Å². The third kappa shape index (κ3) is 3.42. The Morgan fingerprint density at radius 2 is 2.08 bits per heavy atom. The molecule has 1 fully saturated rings. The number of amides is 1. The lowest BCUT2D eigenvalue weighted by Crippen LogP contribution is -2.20. The predicted octanol–water partition coefficient (Wildman–Crippen LogP) is 2.58. The summed E-state index contributed by atoms with van der Waals surface area (Å²) in [6.45, 7) is 4.43. The minimum Gasteiger partial charge on any atom is -0.450 e. The quantitative estimate of drug-likeness (QED) is 0.895. The predicted molar refractivity (Wildman–Crippen MR) is 90.1 cm³/mol. The van der Waals surface area contributed by atoms with Gasteiger partial charge in [-0.25, -0.2) is 14.8 Å². The van der Waals surface area contributed by atoms with Crippen molar-refractivity contribution >= 4 is 23.2 Å². The number of ether oxygens (including phenoxy) is 1. The summed E-state index contributed by atoms with van der Waals surface area (Å²) in [5.41, 5.74) is 0.448. The molecular formula is C16H23N5O3. The Kier molecular flexibility index (Phi) is 4.82. The van der Waals surface area contributed by atoms with Crippen molar-refractivity contribution in [1.29, 1.82) is 0 Å². The van der Waals surface area contributed by atoms with Crippen LogP contribution in [0.1, 0.15) is 44.9 Å². The molecule has 0 aliphatic heterocycles. The van der Waals surface area contributed by atoms with E-state index in [-0.39, 0.29) is 17.7 Å². The van der Waals surface area contributed by atoms with Gasteiger partial charge in [-0.05, 0) is 32.6 Å². The second-order valence-corrected chi connectivity index (χ2v) is 6.22. The molecule has 0 spiro atoms. The fraction of sp³-hybridized carbons (Fsp3) is 0.625.